The molecule has 4 rings (SSSR count). The lowest BCUT2D eigenvalue weighted by Gasteiger charge is -2.16. The van der Waals surface area contributed by atoms with Crippen LogP contribution in [0.3, 0.4) is 0 Å². The predicted octanol–water partition coefficient (Wildman–Crippen LogP) is 6.03. The molecular formula is C28H26ClN3O3. The van der Waals surface area contributed by atoms with E-state index in [9.17, 15) is 14.4 Å². The van der Waals surface area contributed by atoms with Crippen molar-refractivity contribution in [3.05, 3.63) is 100 Å². The standard InChI is InChI=1S/C28H26ClN3O3/c1-3-4-6-19-11-15-23(16-12-19)32-27(34)24(29)25(28(32)35)30-22-8-5-7-20(17-22)26(33)31-21-13-9-18(2)10-14-21/h5,7-17,30H,3-4,6H2,1-2H3,(H,31,33). The average Bonchev–Trinajstić information content (AvgIpc) is 3.07. The van der Waals surface area contributed by atoms with E-state index in [1.54, 1.807) is 36.4 Å². The molecular weight excluding hydrogens is 462 g/mol. The number of hydrogen-bond acceptors (Lipinski definition) is 4. The molecule has 3 aromatic rings. The lowest BCUT2D eigenvalue weighted by atomic mass is 10.1. The maximum atomic E-state index is 13.1. The van der Waals surface area contributed by atoms with Gasteiger partial charge in [-0.15, -0.1) is 0 Å². The largest absolute Gasteiger partial charge is 0.350 e. The van der Waals surface area contributed by atoms with E-state index < -0.39 is 11.8 Å². The number of nitrogens with one attached hydrogen (secondary N) is 2. The Morgan fingerprint density at radius 1 is 0.914 bits per heavy atom. The van der Waals surface area contributed by atoms with Gasteiger partial charge in [-0.2, -0.15) is 0 Å². The van der Waals surface area contributed by atoms with Gasteiger partial charge < -0.3 is 10.6 Å². The van der Waals surface area contributed by atoms with Crippen LogP contribution in [0, 0.1) is 6.92 Å². The normalized spacial score (nSPS) is 13.4. The average molecular weight is 488 g/mol. The summed E-state index contributed by atoms with van der Waals surface area (Å²) in [6, 6.07) is 21.5. The summed E-state index contributed by atoms with van der Waals surface area (Å²) in [4.78, 5) is 39.6. The van der Waals surface area contributed by atoms with Crippen molar-refractivity contribution in [3.63, 3.8) is 0 Å². The Labute approximate surface area is 209 Å². The Balaban J connectivity index is 1.49. The first kappa shape index (κ1) is 24.2. The van der Waals surface area contributed by atoms with Gasteiger partial charge in [0.15, 0.2) is 0 Å². The number of nitrogens with zero attached hydrogens (tertiary/aromatic N) is 1. The maximum Gasteiger partial charge on any atom is 0.283 e. The van der Waals surface area contributed by atoms with Gasteiger partial charge in [0.25, 0.3) is 17.7 Å². The fourth-order valence-corrected chi connectivity index (χ4v) is 3.97. The number of imide groups is 1. The van der Waals surface area contributed by atoms with Gasteiger partial charge in [0.1, 0.15) is 10.7 Å². The minimum atomic E-state index is -0.589. The molecule has 1 heterocycles. The molecule has 2 N–H and O–H groups in total. The molecule has 0 bridgehead atoms. The minimum Gasteiger partial charge on any atom is -0.350 e. The number of carbonyl (C=O) groups excluding carboxylic acids is 3. The summed E-state index contributed by atoms with van der Waals surface area (Å²) in [5.74, 6) is -1.43. The zero-order chi connectivity index (χ0) is 24.9. The van der Waals surface area contributed by atoms with Gasteiger partial charge in [-0.3, -0.25) is 14.4 Å². The molecule has 0 fully saturated rings. The van der Waals surface area contributed by atoms with Crippen LogP contribution in [0.25, 0.3) is 0 Å². The smallest absolute Gasteiger partial charge is 0.283 e. The molecule has 0 aliphatic carbocycles. The summed E-state index contributed by atoms with van der Waals surface area (Å²) in [5, 5.41) is 5.58. The zero-order valence-electron chi connectivity index (χ0n) is 19.6. The van der Waals surface area contributed by atoms with E-state index in [-0.39, 0.29) is 16.6 Å². The number of unbranched alkanes of at least 4 members (excludes halogenated alkanes) is 1. The fourth-order valence-electron chi connectivity index (χ4n) is 3.76. The van der Waals surface area contributed by atoms with Crippen LogP contribution in [-0.2, 0) is 16.0 Å². The zero-order valence-corrected chi connectivity index (χ0v) is 20.4. The first-order valence-electron chi connectivity index (χ1n) is 11.5. The SMILES string of the molecule is CCCCc1ccc(N2C(=O)C(Cl)=C(Nc3cccc(C(=O)Nc4ccc(C)cc4)c3)C2=O)cc1. The second kappa shape index (κ2) is 10.6. The van der Waals surface area contributed by atoms with Crippen LogP contribution in [0.1, 0.15) is 41.3 Å². The first-order valence-corrected chi connectivity index (χ1v) is 11.9. The summed E-state index contributed by atoms with van der Waals surface area (Å²) in [6.45, 7) is 4.10. The molecule has 3 aromatic carbocycles. The lowest BCUT2D eigenvalue weighted by molar-refractivity contribution is -0.120. The second-order valence-electron chi connectivity index (χ2n) is 8.43. The highest BCUT2D eigenvalue weighted by atomic mass is 35.5. The monoisotopic (exact) mass is 487 g/mol. The van der Waals surface area contributed by atoms with Crippen LogP contribution in [0.15, 0.2) is 83.5 Å². The van der Waals surface area contributed by atoms with Gasteiger partial charge in [0.2, 0.25) is 0 Å². The molecule has 0 unspecified atom stereocenters. The lowest BCUT2D eigenvalue weighted by Crippen LogP contribution is -2.32. The molecule has 7 heteroatoms. The minimum absolute atomic E-state index is 0.0252. The van der Waals surface area contributed by atoms with Crippen LogP contribution in [0.4, 0.5) is 17.1 Å². The van der Waals surface area contributed by atoms with E-state index in [1.165, 1.54) is 0 Å². The van der Waals surface area contributed by atoms with Crippen molar-refractivity contribution in [2.75, 3.05) is 15.5 Å². The van der Waals surface area contributed by atoms with Gasteiger partial charge >= 0.3 is 0 Å². The van der Waals surface area contributed by atoms with Crippen LogP contribution >= 0.6 is 11.6 Å². The molecule has 0 aromatic heterocycles. The second-order valence-corrected chi connectivity index (χ2v) is 8.81. The van der Waals surface area contributed by atoms with Gasteiger partial charge in [0.05, 0.1) is 5.69 Å². The van der Waals surface area contributed by atoms with Crippen molar-refractivity contribution >= 4 is 46.4 Å². The highest BCUT2D eigenvalue weighted by Crippen LogP contribution is 2.30. The number of hydrogen-bond donors (Lipinski definition) is 2. The van der Waals surface area contributed by atoms with Crippen LogP contribution in [0.5, 0.6) is 0 Å². The number of aryl methyl sites for hydroxylation is 2. The summed E-state index contributed by atoms with van der Waals surface area (Å²) >= 11 is 6.27. The van der Waals surface area contributed by atoms with Gasteiger partial charge in [0, 0.05) is 16.9 Å². The van der Waals surface area contributed by atoms with E-state index in [1.807, 2.05) is 43.3 Å². The summed E-state index contributed by atoms with van der Waals surface area (Å²) in [6.07, 6.45) is 3.11. The molecule has 0 radical (unpaired) electrons. The van der Waals surface area contributed by atoms with E-state index in [2.05, 4.69) is 17.6 Å². The van der Waals surface area contributed by atoms with E-state index in [0.717, 1.165) is 35.3 Å². The number of carbonyl (C=O) groups is 3. The number of rotatable bonds is 8. The number of amides is 3. The maximum absolute atomic E-state index is 13.1. The Morgan fingerprint density at radius 2 is 1.63 bits per heavy atom. The highest BCUT2D eigenvalue weighted by molar-refractivity contribution is 6.53. The number of halogens is 1. The first-order chi connectivity index (χ1) is 16.9. The van der Waals surface area contributed by atoms with Crippen molar-refractivity contribution in [1.82, 2.24) is 0 Å². The van der Waals surface area contributed by atoms with Crippen molar-refractivity contribution in [3.8, 4) is 0 Å². The molecule has 0 spiro atoms. The molecule has 178 valence electrons. The Kier molecular flexibility index (Phi) is 7.32. The van der Waals surface area contributed by atoms with Gasteiger partial charge in [-0.1, -0.05) is 60.8 Å². The Morgan fingerprint density at radius 3 is 2.31 bits per heavy atom. The van der Waals surface area contributed by atoms with Crippen LogP contribution < -0.4 is 15.5 Å². The summed E-state index contributed by atoms with van der Waals surface area (Å²) < 4.78 is 0. The van der Waals surface area contributed by atoms with E-state index in [4.69, 9.17) is 11.6 Å². The third kappa shape index (κ3) is 5.44. The molecule has 3 amide bonds. The third-order valence-electron chi connectivity index (χ3n) is 5.74. The number of benzene rings is 3. The predicted molar refractivity (Wildman–Crippen MR) is 140 cm³/mol. The molecule has 0 atom stereocenters. The molecule has 1 aliphatic rings. The van der Waals surface area contributed by atoms with E-state index >= 15 is 0 Å². The van der Waals surface area contributed by atoms with Crippen molar-refractivity contribution < 1.29 is 14.4 Å². The number of anilines is 3. The fraction of sp³-hybridized carbons (Fsp3) is 0.179. The summed E-state index contributed by atoms with van der Waals surface area (Å²) in [7, 11) is 0. The quantitative estimate of drug-likeness (QED) is 0.380. The molecule has 0 saturated carbocycles. The van der Waals surface area contributed by atoms with Crippen molar-refractivity contribution in [2.24, 2.45) is 0 Å². The molecule has 0 saturated heterocycles. The molecule has 1 aliphatic heterocycles. The Hall–Kier alpha value is -3.90. The van der Waals surface area contributed by atoms with Crippen molar-refractivity contribution in [2.45, 2.75) is 33.1 Å². The van der Waals surface area contributed by atoms with Gasteiger partial charge in [-0.25, -0.2) is 4.90 Å². The van der Waals surface area contributed by atoms with E-state index in [0.29, 0.717) is 22.6 Å². The molecule has 6 nitrogen and oxygen atoms in total. The van der Waals surface area contributed by atoms with Crippen LogP contribution in [0.2, 0.25) is 0 Å². The van der Waals surface area contributed by atoms with Crippen LogP contribution in [-0.4, -0.2) is 17.7 Å². The highest BCUT2D eigenvalue weighted by Gasteiger charge is 2.39. The Bertz CT molecular complexity index is 1300. The topological polar surface area (TPSA) is 78.5 Å². The van der Waals surface area contributed by atoms with Gasteiger partial charge in [-0.05, 0) is 67.8 Å². The summed E-state index contributed by atoms with van der Waals surface area (Å²) in [5.41, 5.74) is 4.21. The van der Waals surface area contributed by atoms with Crippen molar-refractivity contribution in [1.29, 1.82) is 0 Å². The molecule has 35 heavy (non-hydrogen) atoms. The third-order valence-corrected chi connectivity index (χ3v) is 6.10.